The number of hydrogen-bond donors (Lipinski definition) is 8. The standard InChI is InChI=1S/C71H98N14O22.Gd/c1-46(86)107-55-38-85(71(102)106-45-52-50-16-10-8-14-48(50)49-15-9-11-17-51(49)52)67(65(55)83-32-28-80(43-62(97)104-3)24-22-79(42-61(96)103-2)23-25-81(29-33-83)44-63(98)105-4)69(100)74-36-57(89)75-53(34-47-12-6-5-7-13-47)70(101)84-37-54(87)64(66(84)68(99)73-35-56(72)88)82-30-26-77(40-59(92)93)20-18-76(39-58(90)91)19-21-78(27-31-82)41-60(94)95;/h5-17,52-55,64-67,87H,18-45H2,1-4H3,(H2,72,88)(H,73,99)(H,74,100)(H,75,89)(H,90,91)(H,92,93)(H,94,95);/t53-,54-,55-,64+,65?,66-,67-;/m0./s1. The summed E-state index contributed by atoms with van der Waals surface area (Å²) in [5, 5.41) is 49.8. The molecule has 1 aliphatic carbocycles. The van der Waals surface area contributed by atoms with Crippen LogP contribution in [-0.2, 0) is 87.6 Å². The van der Waals surface area contributed by atoms with Gasteiger partial charge in [0.05, 0.1) is 98.4 Å². The maximum atomic E-state index is 15.7. The van der Waals surface area contributed by atoms with Crippen LogP contribution in [0.3, 0.4) is 0 Å². The van der Waals surface area contributed by atoms with Gasteiger partial charge in [0, 0.05) is 170 Å². The van der Waals surface area contributed by atoms with E-state index in [-0.39, 0.29) is 177 Å². The molecule has 108 heavy (non-hydrogen) atoms. The van der Waals surface area contributed by atoms with E-state index in [0.29, 0.717) is 5.56 Å². The number of carbonyl (C=O) groups is 13. The van der Waals surface area contributed by atoms with Crippen molar-refractivity contribution in [3.8, 4) is 11.1 Å². The summed E-state index contributed by atoms with van der Waals surface area (Å²) in [6, 6.07) is 16.1. The third-order valence-electron chi connectivity index (χ3n) is 19.7. The number of primary amides is 1. The minimum atomic E-state index is -1.69. The van der Waals surface area contributed by atoms with E-state index in [9.17, 15) is 68.4 Å². The van der Waals surface area contributed by atoms with Gasteiger partial charge in [0.15, 0.2) is 0 Å². The Morgan fingerprint density at radius 3 is 1.31 bits per heavy atom. The monoisotopic (exact) mass is 1660 g/mol. The van der Waals surface area contributed by atoms with Gasteiger partial charge >= 0.3 is 47.9 Å². The van der Waals surface area contributed by atoms with E-state index in [1.807, 2.05) is 48.5 Å². The van der Waals surface area contributed by atoms with E-state index in [0.717, 1.165) is 39.0 Å². The molecule has 36 nitrogen and oxygen atoms in total. The van der Waals surface area contributed by atoms with Gasteiger partial charge in [-0.25, -0.2) is 4.79 Å². The molecule has 8 rings (SSSR count). The van der Waals surface area contributed by atoms with Crippen molar-refractivity contribution in [2.45, 2.75) is 61.7 Å². The largest absolute Gasteiger partial charge is 0.480 e. The third-order valence-corrected chi connectivity index (χ3v) is 19.7. The Kier molecular flexibility index (Phi) is 34.1. The number of fused-ring (bicyclic) bond motifs is 3. The number of carbonyl (C=O) groups excluding carboxylic acids is 10. The van der Waals surface area contributed by atoms with Crippen molar-refractivity contribution in [2.24, 2.45) is 5.73 Å². The minimum absolute atomic E-state index is 0. The zero-order valence-electron chi connectivity index (χ0n) is 61.0. The van der Waals surface area contributed by atoms with Gasteiger partial charge in [0.1, 0.15) is 30.8 Å². The molecule has 7 atom stereocenters. The van der Waals surface area contributed by atoms with Crippen molar-refractivity contribution in [2.75, 3.05) is 198 Å². The second-order valence-electron chi connectivity index (χ2n) is 26.9. The van der Waals surface area contributed by atoms with Crippen LogP contribution >= 0.6 is 0 Å². The normalized spacial score (nSPS) is 21.8. The van der Waals surface area contributed by atoms with Crippen LogP contribution in [0.2, 0.25) is 0 Å². The van der Waals surface area contributed by atoms with Crippen LogP contribution in [-0.4, -0.2) is 387 Å². The topological polar surface area (TPSA) is 443 Å². The molecule has 0 bridgehead atoms. The summed E-state index contributed by atoms with van der Waals surface area (Å²) >= 11 is 0. The molecule has 4 heterocycles. The van der Waals surface area contributed by atoms with Crippen LogP contribution in [0.4, 0.5) is 4.79 Å². The SMILES string of the molecule is COC(=O)CN1CCN(CC(=O)OC)CCN(C2[C@@H](OC(C)=O)CN(C(=O)OCC3c4ccccc4-c4ccccc43)[C@@H]2C(=O)NCC(=O)N[C@@H](Cc2ccccc2)C(=O)N2C[C@H](O)[C@@H](N3CCN(CC(=O)O)CCN(CC(=O)O)CCN(CC(=O)O)CC3)[C@H]2C(=O)NCC(N)=O)CCN(CC(=O)OC)CC1.[Gd]. The number of aliphatic hydroxyl groups is 1. The van der Waals surface area contributed by atoms with E-state index in [1.165, 1.54) is 31.1 Å². The molecule has 9 N–H and O–H groups in total. The number of nitrogens with one attached hydrogen (secondary N) is 3. The van der Waals surface area contributed by atoms with Crippen LogP contribution in [0.5, 0.6) is 0 Å². The zero-order chi connectivity index (χ0) is 77.4. The smallest absolute Gasteiger partial charge is 0.410 e. The number of benzene rings is 3. The summed E-state index contributed by atoms with van der Waals surface area (Å²) in [4.78, 5) is 193. The summed E-state index contributed by atoms with van der Waals surface area (Å²) < 4.78 is 27.5. The molecule has 0 saturated carbocycles. The molecule has 1 unspecified atom stereocenters. The van der Waals surface area contributed by atoms with E-state index in [2.05, 4.69) is 16.0 Å². The number of carboxylic acid groups (broad SMARTS) is 3. The Balaban J connectivity index is 0.0000162. The zero-order valence-corrected chi connectivity index (χ0v) is 63.2. The molecule has 4 saturated heterocycles. The number of methoxy groups -OCH3 is 3. The summed E-state index contributed by atoms with van der Waals surface area (Å²) in [6.45, 7) is -2.99. The van der Waals surface area contributed by atoms with Gasteiger partial charge in [0.25, 0.3) is 0 Å². The number of hydrogen-bond acceptors (Lipinski definition) is 27. The van der Waals surface area contributed by atoms with E-state index in [1.54, 1.807) is 59.7 Å². The Hall–Kier alpha value is -8.47. The Morgan fingerprint density at radius 2 is 0.889 bits per heavy atom. The van der Waals surface area contributed by atoms with Gasteiger partial charge in [-0.1, -0.05) is 78.9 Å². The number of aliphatic hydroxyl groups excluding tert-OH is 1. The molecular formula is C71H98GdN14O22. The van der Waals surface area contributed by atoms with E-state index < -0.39 is 172 Å². The van der Waals surface area contributed by atoms with Crippen LogP contribution < -0.4 is 21.7 Å². The predicted molar refractivity (Wildman–Crippen MR) is 378 cm³/mol. The fourth-order valence-corrected chi connectivity index (χ4v) is 14.5. The van der Waals surface area contributed by atoms with Gasteiger partial charge in [-0.3, -0.25) is 102 Å². The maximum Gasteiger partial charge on any atom is 0.410 e. The van der Waals surface area contributed by atoms with Gasteiger partial charge in [0.2, 0.25) is 29.5 Å². The molecule has 0 aromatic heterocycles. The van der Waals surface area contributed by atoms with Crippen LogP contribution in [0, 0.1) is 39.9 Å². The molecular weight excluding hydrogens is 1560 g/mol. The molecule has 3 aromatic rings. The average molecular weight is 1660 g/mol. The molecule has 6 amide bonds. The molecule has 592 valence electrons. The van der Waals surface area contributed by atoms with Crippen LogP contribution in [0.1, 0.15) is 29.5 Å². The van der Waals surface area contributed by atoms with E-state index >= 15 is 14.4 Å². The van der Waals surface area contributed by atoms with Gasteiger partial charge in [-0.15, -0.1) is 0 Å². The summed E-state index contributed by atoms with van der Waals surface area (Å²) in [7, 11) is 3.71. The maximum absolute atomic E-state index is 15.7. The quantitative estimate of drug-likeness (QED) is 0.0263. The number of carboxylic acids is 3. The van der Waals surface area contributed by atoms with Crippen molar-refractivity contribution in [3.05, 3.63) is 95.6 Å². The first-order valence-electron chi connectivity index (χ1n) is 35.4. The molecule has 5 aliphatic rings. The molecule has 3 aromatic carbocycles. The number of ether oxygens (including phenoxy) is 5. The molecule has 37 heteroatoms. The summed E-state index contributed by atoms with van der Waals surface area (Å²) in [5.41, 5.74) is 9.62. The Morgan fingerprint density at radius 1 is 0.500 bits per heavy atom. The van der Waals surface area contributed by atoms with E-state index in [4.69, 9.17) is 29.4 Å². The first-order chi connectivity index (χ1) is 51.2. The predicted octanol–water partition coefficient (Wildman–Crippen LogP) is -4.48. The first-order valence-corrected chi connectivity index (χ1v) is 35.4. The second-order valence-corrected chi connectivity index (χ2v) is 26.9. The molecule has 0 spiro atoms. The number of rotatable bonds is 27. The summed E-state index contributed by atoms with van der Waals surface area (Å²) in [6.07, 6.45) is -4.14. The van der Waals surface area contributed by atoms with Crippen molar-refractivity contribution >= 4 is 77.4 Å². The number of aliphatic carboxylic acids is 3. The Bertz CT molecular complexity index is 3530. The van der Waals surface area contributed by atoms with Crippen molar-refractivity contribution < 1.29 is 146 Å². The number of amides is 6. The summed E-state index contributed by atoms with van der Waals surface area (Å²) in [5.74, 6) is -11.4. The molecule has 4 aliphatic heterocycles. The van der Waals surface area contributed by atoms with Gasteiger partial charge in [-0.2, -0.15) is 0 Å². The number of likely N-dealkylation sites (tertiary alicyclic amines) is 2. The van der Waals surface area contributed by atoms with Crippen LogP contribution in [0.15, 0.2) is 78.9 Å². The minimum Gasteiger partial charge on any atom is -0.480 e. The molecule has 4 fully saturated rings. The average Bonchev–Trinajstić information content (AvgIpc) is 1.62. The molecule has 0 radical (unpaired) electrons. The number of nitrogens with two attached hydrogens (primary N) is 1. The van der Waals surface area contributed by atoms with Gasteiger partial charge < -0.3 is 70.7 Å². The van der Waals surface area contributed by atoms with Crippen LogP contribution in [0.25, 0.3) is 11.1 Å². The number of nitrogens with zero attached hydrogens (tertiary/aromatic N) is 10. The van der Waals surface area contributed by atoms with Crippen molar-refractivity contribution in [3.63, 3.8) is 0 Å². The van der Waals surface area contributed by atoms with Crippen molar-refractivity contribution in [1.29, 1.82) is 0 Å². The van der Waals surface area contributed by atoms with Gasteiger partial charge in [-0.05, 0) is 27.8 Å². The number of β-amino-alcohol motifs (C(OH)–C–C–N with tert-alkyl or cyclic N) is 1. The number of esters is 4. The third kappa shape index (κ3) is 25.0. The first kappa shape index (κ1) is 86.8. The Labute approximate surface area is 656 Å². The van der Waals surface area contributed by atoms with Crippen molar-refractivity contribution in [1.82, 2.24) is 64.9 Å². The second kappa shape index (κ2) is 42.5. The fourth-order valence-electron chi connectivity index (χ4n) is 14.5. The fraction of sp³-hybridized carbons (Fsp3) is 0.563.